The molecule has 142 valence electrons. The molecule has 0 aliphatic carbocycles. The van der Waals surface area contributed by atoms with Crippen LogP contribution in [0.1, 0.15) is 28.1 Å². The molecule has 1 aromatic heterocycles. The Labute approximate surface area is 163 Å². The molecule has 0 atom stereocenters. The Kier molecular flexibility index (Phi) is 7.03. The third-order valence-electron chi connectivity index (χ3n) is 3.46. The van der Waals surface area contributed by atoms with Crippen molar-refractivity contribution in [3.05, 3.63) is 55.2 Å². The van der Waals surface area contributed by atoms with Crippen LogP contribution in [0.2, 0.25) is 4.34 Å². The van der Waals surface area contributed by atoms with Gasteiger partial charge in [-0.1, -0.05) is 17.7 Å². The van der Waals surface area contributed by atoms with E-state index < -0.39 is 23.4 Å². The SMILES string of the molecule is Cc1ccc(NC(=O)COC(=O)CCC(=O)c2ccc(Cl)s2)cc1[N+](=O)[O-]. The van der Waals surface area contributed by atoms with Crippen LogP contribution in [0.3, 0.4) is 0 Å². The maximum absolute atomic E-state index is 11.9. The van der Waals surface area contributed by atoms with Gasteiger partial charge in [-0.05, 0) is 25.1 Å². The molecular weight excluding hydrogens is 396 g/mol. The third-order valence-corrected chi connectivity index (χ3v) is 4.73. The highest BCUT2D eigenvalue weighted by molar-refractivity contribution is 7.18. The van der Waals surface area contributed by atoms with Crippen molar-refractivity contribution in [3.8, 4) is 0 Å². The van der Waals surface area contributed by atoms with Crippen LogP contribution in [0.4, 0.5) is 11.4 Å². The molecule has 1 heterocycles. The Balaban J connectivity index is 1.78. The number of nitrogens with zero attached hydrogens (tertiary/aromatic N) is 1. The second-order valence-corrected chi connectivity index (χ2v) is 7.21. The first-order chi connectivity index (χ1) is 12.8. The lowest BCUT2D eigenvalue weighted by Crippen LogP contribution is -2.21. The highest BCUT2D eigenvalue weighted by atomic mass is 35.5. The number of carbonyl (C=O) groups is 3. The van der Waals surface area contributed by atoms with Gasteiger partial charge in [-0.3, -0.25) is 24.5 Å². The van der Waals surface area contributed by atoms with Gasteiger partial charge in [-0.2, -0.15) is 0 Å². The minimum atomic E-state index is -0.698. The monoisotopic (exact) mass is 410 g/mol. The van der Waals surface area contributed by atoms with Gasteiger partial charge in [0.2, 0.25) is 0 Å². The Bertz CT molecular complexity index is 895. The average molecular weight is 411 g/mol. The molecule has 27 heavy (non-hydrogen) atoms. The maximum atomic E-state index is 11.9. The molecule has 0 unspecified atom stereocenters. The number of thiophene rings is 1. The summed E-state index contributed by atoms with van der Waals surface area (Å²) in [7, 11) is 0. The van der Waals surface area contributed by atoms with Gasteiger partial charge in [0.05, 0.1) is 20.6 Å². The Morgan fingerprint density at radius 1 is 1.22 bits per heavy atom. The van der Waals surface area contributed by atoms with Crippen LogP contribution in [0.25, 0.3) is 0 Å². The standard InChI is InChI=1S/C17H15ClN2O6S/c1-10-2-3-11(8-12(10)20(24)25)19-16(22)9-26-17(23)7-4-13(21)14-5-6-15(18)27-14/h2-3,5-6,8H,4,7,9H2,1H3,(H,19,22). The molecule has 0 saturated carbocycles. The van der Waals surface area contributed by atoms with E-state index in [1.165, 1.54) is 18.2 Å². The van der Waals surface area contributed by atoms with Crippen LogP contribution < -0.4 is 5.32 Å². The molecule has 1 N–H and O–H groups in total. The molecule has 0 aliphatic rings. The number of nitro groups is 1. The Hall–Kier alpha value is -2.78. The number of ketones is 1. The zero-order valence-electron chi connectivity index (χ0n) is 14.2. The van der Waals surface area contributed by atoms with Gasteiger partial charge in [0.15, 0.2) is 12.4 Å². The number of hydrogen-bond acceptors (Lipinski definition) is 7. The quantitative estimate of drug-likeness (QED) is 0.306. The predicted molar refractivity (Wildman–Crippen MR) is 100 cm³/mol. The second kappa shape index (κ2) is 9.24. The van der Waals surface area contributed by atoms with Crippen molar-refractivity contribution in [2.75, 3.05) is 11.9 Å². The Morgan fingerprint density at radius 3 is 2.59 bits per heavy atom. The average Bonchev–Trinajstić information content (AvgIpc) is 3.05. The predicted octanol–water partition coefficient (Wildman–Crippen LogP) is 3.76. The highest BCUT2D eigenvalue weighted by Crippen LogP contribution is 2.23. The van der Waals surface area contributed by atoms with E-state index in [0.717, 1.165) is 11.3 Å². The van der Waals surface area contributed by atoms with E-state index in [2.05, 4.69) is 5.32 Å². The number of anilines is 1. The summed E-state index contributed by atoms with van der Waals surface area (Å²) in [6, 6.07) is 7.40. The number of amides is 1. The summed E-state index contributed by atoms with van der Waals surface area (Å²) >= 11 is 6.87. The van der Waals surface area contributed by atoms with Crippen molar-refractivity contribution in [1.82, 2.24) is 0 Å². The van der Waals surface area contributed by atoms with E-state index in [0.29, 0.717) is 14.8 Å². The number of ether oxygens (including phenoxy) is 1. The van der Waals surface area contributed by atoms with Crippen molar-refractivity contribution >= 4 is 52.0 Å². The van der Waals surface area contributed by atoms with Crippen LogP contribution in [0.15, 0.2) is 30.3 Å². The number of benzene rings is 1. The number of nitrogens with one attached hydrogen (secondary N) is 1. The lowest BCUT2D eigenvalue weighted by molar-refractivity contribution is -0.385. The van der Waals surface area contributed by atoms with Crippen LogP contribution >= 0.6 is 22.9 Å². The van der Waals surface area contributed by atoms with Gasteiger partial charge >= 0.3 is 5.97 Å². The van der Waals surface area contributed by atoms with E-state index in [1.54, 1.807) is 19.1 Å². The molecule has 0 saturated heterocycles. The fourth-order valence-corrected chi connectivity index (χ4v) is 3.11. The van der Waals surface area contributed by atoms with Crippen molar-refractivity contribution in [1.29, 1.82) is 0 Å². The number of carbonyl (C=O) groups excluding carboxylic acids is 3. The fraction of sp³-hybridized carbons (Fsp3) is 0.235. The summed E-state index contributed by atoms with van der Waals surface area (Å²) in [5.74, 6) is -1.57. The topological polar surface area (TPSA) is 116 Å². The van der Waals surface area contributed by atoms with Crippen molar-refractivity contribution in [3.63, 3.8) is 0 Å². The van der Waals surface area contributed by atoms with Crippen LogP contribution in [0.5, 0.6) is 0 Å². The molecule has 1 amide bonds. The first-order valence-electron chi connectivity index (χ1n) is 7.75. The van der Waals surface area contributed by atoms with Crippen molar-refractivity contribution in [2.24, 2.45) is 0 Å². The summed E-state index contributed by atoms with van der Waals surface area (Å²) in [5, 5.41) is 13.3. The van der Waals surface area contributed by atoms with Crippen molar-refractivity contribution < 1.29 is 24.0 Å². The minimum Gasteiger partial charge on any atom is -0.456 e. The van der Waals surface area contributed by atoms with Gasteiger partial charge in [0, 0.05) is 23.7 Å². The van der Waals surface area contributed by atoms with E-state index >= 15 is 0 Å². The summed E-state index contributed by atoms with van der Waals surface area (Å²) < 4.78 is 5.29. The smallest absolute Gasteiger partial charge is 0.306 e. The molecule has 0 aliphatic heterocycles. The highest BCUT2D eigenvalue weighted by Gasteiger charge is 2.15. The number of hydrogen-bond donors (Lipinski definition) is 1. The summed E-state index contributed by atoms with van der Waals surface area (Å²) in [4.78, 5) is 46.1. The molecular formula is C17H15ClN2O6S. The largest absolute Gasteiger partial charge is 0.456 e. The fourth-order valence-electron chi connectivity index (χ4n) is 2.10. The van der Waals surface area contributed by atoms with E-state index in [1.807, 2.05) is 0 Å². The molecule has 0 bridgehead atoms. The van der Waals surface area contributed by atoms with Gasteiger partial charge < -0.3 is 10.1 Å². The molecule has 0 fully saturated rings. The lowest BCUT2D eigenvalue weighted by atomic mass is 10.2. The molecule has 10 heteroatoms. The number of aryl methyl sites for hydroxylation is 1. The summed E-state index contributed by atoms with van der Waals surface area (Å²) in [6.07, 6.45) is -0.223. The molecule has 8 nitrogen and oxygen atoms in total. The van der Waals surface area contributed by atoms with Gasteiger partial charge in [-0.15, -0.1) is 11.3 Å². The maximum Gasteiger partial charge on any atom is 0.306 e. The minimum absolute atomic E-state index is 0.0541. The molecule has 1 aromatic carbocycles. The third kappa shape index (κ3) is 6.15. The van der Waals surface area contributed by atoms with E-state index in [4.69, 9.17) is 16.3 Å². The van der Waals surface area contributed by atoms with E-state index in [-0.39, 0.29) is 30.0 Å². The van der Waals surface area contributed by atoms with E-state index in [9.17, 15) is 24.5 Å². The van der Waals surface area contributed by atoms with Crippen LogP contribution in [-0.4, -0.2) is 29.2 Å². The zero-order chi connectivity index (χ0) is 20.0. The number of halogens is 1. The molecule has 2 rings (SSSR count). The molecule has 2 aromatic rings. The first kappa shape index (κ1) is 20.5. The van der Waals surface area contributed by atoms with Crippen molar-refractivity contribution in [2.45, 2.75) is 19.8 Å². The zero-order valence-corrected chi connectivity index (χ0v) is 15.8. The van der Waals surface area contributed by atoms with Gasteiger partial charge in [0.25, 0.3) is 11.6 Å². The van der Waals surface area contributed by atoms with Crippen LogP contribution in [-0.2, 0) is 14.3 Å². The van der Waals surface area contributed by atoms with Gasteiger partial charge in [-0.25, -0.2) is 0 Å². The normalized spacial score (nSPS) is 10.3. The number of rotatable bonds is 8. The first-order valence-corrected chi connectivity index (χ1v) is 8.94. The number of esters is 1. The molecule has 0 spiro atoms. The number of Topliss-reactive ketones (excluding diaryl/α,β-unsaturated/α-hetero) is 1. The van der Waals surface area contributed by atoms with Gasteiger partial charge in [0.1, 0.15) is 0 Å². The summed E-state index contributed by atoms with van der Waals surface area (Å²) in [5.41, 5.74) is 0.552. The summed E-state index contributed by atoms with van der Waals surface area (Å²) in [6.45, 7) is 1.02. The lowest BCUT2D eigenvalue weighted by Gasteiger charge is -2.07. The second-order valence-electron chi connectivity index (χ2n) is 5.49. The molecule has 0 radical (unpaired) electrons. The van der Waals surface area contributed by atoms with Crippen LogP contribution in [0, 0.1) is 17.0 Å². The Morgan fingerprint density at radius 2 is 1.96 bits per heavy atom. The number of nitro benzene ring substituents is 1.